The van der Waals surface area contributed by atoms with Gasteiger partial charge >= 0.3 is 0 Å². The van der Waals surface area contributed by atoms with Crippen molar-refractivity contribution in [1.82, 2.24) is 4.31 Å². The van der Waals surface area contributed by atoms with Crippen molar-refractivity contribution in [2.45, 2.75) is 23.8 Å². The molecule has 5 nitrogen and oxygen atoms in total. The van der Waals surface area contributed by atoms with Crippen molar-refractivity contribution in [1.29, 1.82) is 0 Å². The van der Waals surface area contributed by atoms with E-state index in [0.29, 0.717) is 18.7 Å². The Morgan fingerprint density at radius 3 is 2.94 bits per heavy atom. The summed E-state index contributed by atoms with van der Waals surface area (Å²) in [6, 6.07) is 6.09. The number of aliphatic hydroxyl groups is 1. The summed E-state index contributed by atoms with van der Waals surface area (Å²) >= 11 is 0. The van der Waals surface area contributed by atoms with E-state index in [0.717, 1.165) is 6.42 Å². The van der Waals surface area contributed by atoms with Crippen molar-refractivity contribution in [2.24, 2.45) is 0 Å². The Kier molecular flexibility index (Phi) is 3.89. The van der Waals surface area contributed by atoms with E-state index in [4.69, 9.17) is 4.74 Å². The Bertz CT molecular complexity index is 515. The normalized spacial score (nSPS) is 21.1. The lowest BCUT2D eigenvalue weighted by atomic mass is 10.2. The highest BCUT2D eigenvalue weighted by molar-refractivity contribution is 7.89. The van der Waals surface area contributed by atoms with E-state index in [1.54, 1.807) is 18.2 Å². The quantitative estimate of drug-likeness (QED) is 0.881. The summed E-state index contributed by atoms with van der Waals surface area (Å²) in [6.45, 7) is 0.327. The summed E-state index contributed by atoms with van der Waals surface area (Å²) in [5.74, 6) is 0.510. The minimum absolute atomic E-state index is 0.136. The topological polar surface area (TPSA) is 66.8 Å². The largest absolute Gasteiger partial charge is 0.497 e. The van der Waals surface area contributed by atoms with E-state index in [1.165, 1.54) is 17.5 Å². The van der Waals surface area contributed by atoms with Crippen LogP contribution in [0.15, 0.2) is 29.2 Å². The molecular weight excluding hydrogens is 254 g/mol. The van der Waals surface area contributed by atoms with Crippen molar-refractivity contribution in [3.63, 3.8) is 0 Å². The molecule has 1 aromatic rings. The van der Waals surface area contributed by atoms with E-state index in [9.17, 15) is 13.5 Å². The zero-order chi connectivity index (χ0) is 13.2. The third-order valence-corrected chi connectivity index (χ3v) is 5.13. The molecule has 1 saturated heterocycles. The summed E-state index contributed by atoms with van der Waals surface area (Å²) in [4.78, 5) is 0.210. The fourth-order valence-electron chi connectivity index (χ4n) is 2.21. The van der Waals surface area contributed by atoms with Crippen LogP contribution in [0.3, 0.4) is 0 Å². The summed E-state index contributed by atoms with van der Waals surface area (Å²) < 4.78 is 31.3. The van der Waals surface area contributed by atoms with Gasteiger partial charge in [-0.2, -0.15) is 4.31 Å². The maximum Gasteiger partial charge on any atom is 0.243 e. The number of sulfonamides is 1. The van der Waals surface area contributed by atoms with Crippen molar-refractivity contribution < 1.29 is 18.3 Å². The zero-order valence-electron chi connectivity index (χ0n) is 10.2. The van der Waals surface area contributed by atoms with Crippen LogP contribution in [0.2, 0.25) is 0 Å². The van der Waals surface area contributed by atoms with Crippen LogP contribution in [0.25, 0.3) is 0 Å². The van der Waals surface area contributed by atoms with Crippen molar-refractivity contribution in [2.75, 3.05) is 20.3 Å². The second-order valence-corrected chi connectivity index (χ2v) is 6.16. The molecule has 2 rings (SSSR count). The molecule has 6 heteroatoms. The molecule has 1 atom stereocenters. The Balaban J connectivity index is 2.35. The van der Waals surface area contributed by atoms with Crippen LogP contribution in [0.4, 0.5) is 0 Å². The summed E-state index contributed by atoms with van der Waals surface area (Å²) in [6.07, 6.45) is 1.49. The first-order valence-electron chi connectivity index (χ1n) is 5.86. The summed E-state index contributed by atoms with van der Waals surface area (Å²) in [5, 5.41) is 9.22. The molecule has 1 aromatic carbocycles. The minimum Gasteiger partial charge on any atom is -0.497 e. The summed E-state index contributed by atoms with van der Waals surface area (Å²) in [5.41, 5.74) is 0. The fourth-order valence-corrected chi connectivity index (χ4v) is 3.93. The monoisotopic (exact) mass is 271 g/mol. The van der Waals surface area contributed by atoms with E-state index in [-0.39, 0.29) is 17.5 Å². The van der Waals surface area contributed by atoms with Gasteiger partial charge in [0.1, 0.15) is 5.75 Å². The molecule has 0 aromatic heterocycles. The first-order valence-corrected chi connectivity index (χ1v) is 7.30. The Hall–Kier alpha value is -1.11. The summed E-state index contributed by atoms with van der Waals surface area (Å²) in [7, 11) is -2.04. The van der Waals surface area contributed by atoms with Crippen LogP contribution in [0, 0.1) is 0 Å². The third-order valence-electron chi connectivity index (χ3n) is 3.18. The predicted octanol–water partition coefficient (Wildman–Crippen LogP) is 0.841. The minimum atomic E-state index is -3.54. The number of nitrogens with zero attached hydrogens (tertiary/aromatic N) is 1. The van der Waals surface area contributed by atoms with Gasteiger partial charge in [0.15, 0.2) is 0 Å². The molecule has 0 bridgehead atoms. The first-order chi connectivity index (χ1) is 8.59. The number of methoxy groups -OCH3 is 1. The SMILES string of the molecule is COc1cccc(S(=O)(=O)N2CCC[C@H]2CO)c1. The van der Waals surface area contributed by atoms with Crippen LogP contribution in [0.1, 0.15) is 12.8 Å². The highest BCUT2D eigenvalue weighted by Crippen LogP contribution is 2.27. The second-order valence-electron chi connectivity index (χ2n) is 4.27. The van der Waals surface area contributed by atoms with E-state index in [2.05, 4.69) is 0 Å². The molecule has 0 spiro atoms. The van der Waals surface area contributed by atoms with Gasteiger partial charge in [0, 0.05) is 18.7 Å². The molecule has 0 unspecified atom stereocenters. The average molecular weight is 271 g/mol. The highest BCUT2D eigenvalue weighted by atomic mass is 32.2. The van der Waals surface area contributed by atoms with Crippen LogP contribution < -0.4 is 4.74 Å². The second kappa shape index (κ2) is 5.26. The van der Waals surface area contributed by atoms with Crippen molar-refractivity contribution in [3.05, 3.63) is 24.3 Å². The fraction of sp³-hybridized carbons (Fsp3) is 0.500. The van der Waals surface area contributed by atoms with Gasteiger partial charge < -0.3 is 9.84 Å². The lowest BCUT2D eigenvalue weighted by Crippen LogP contribution is -2.37. The molecular formula is C12H17NO4S. The molecule has 1 heterocycles. The Morgan fingerprint density at radius 2 is 2.28 bits per heavy atom. The van der Waals surface area contributed by atoms with E-state index < -0.39 is 10.0 Å². The standard InChI is InChI=1S/C12H17NO4S/c1-17-11-5-2-6-12(8-11)18(15,16)13-7-3-4-10(13)9-14/h2,5-6,8,10,14H,3-4,7,9H2,1H3/t10-/m0/s1. The average Bonchev–Trinajstić information content (AvgIpc) is 2.88. The van der Waals surface area contributed by atoms with E-state index in [1.807, 2.05) is 0 Å². The van der Waals surface area contributed by atoms with Gasteiger partial charge in [-0.1, -0.05) is 6.07 Å². The van der Waals surface area contributed by atoms with Crippen LogP contribution >= 0.6 is 0 Å². The van der Waals surface area contributed by atoms with Crippen molar-refractivity contribution >= 4 is 10.0 Å². The van der Waals surface area contributed by atoms with Gasteiger partial charge in [-0.05, 0) is 25.0 Å². The number of benzene rings is 1. The van der Waals surface area contributed by atoms with Gasteiger partial charge in [0.25, 0.3) is 0 Å². The number of hydrogen-bond donors (Lipinski definition) is 1. The molecule has 0 aliphatic carbocycles. The van der Waals surface area contributed by atoms with E-state index >= 15 is 0 Å². The molecule has 1 aliphatic heterocycles. The van der Waals surface area contributed by atoms with Gasteiger partial charge in [0.2, 0.25) is 10.0 Å². The first kappa shape index (κ1) is 13.3. The maximum atomic E-state index is 12.4. The number of hydrogen-bond acceptors (Lipinski definition) is 4. The number of ether oxygens (including phenoxy) is 1. The van der Waals surface area contributed by atoms with Gasteiger partial charge in [0.05, 0.1) is 18.6 Å². The molecule has 100 valence electrons. The lowest BCUT2D eigenvalue weighted by molar-refractivity contribution is 0.213. The molecule has 1 fully saturated rings. The molecule has 1 N–H and O–H groups in total. The smallest absolute Gasteiger partial charge is 0.243 e. The van der Waals surface area contributed by atoms with Crippen LogP contribution in [0.5, 0.6) is 5.75 Å². The molecule has 0 radical (unpaired) electrons. The predicted molar refractivity (Wildman–Crippen MR) is 67.0 cm³/mol. The van der Waals surface area contributed by atoms with Gasteiger partial charge in [-0.3, -0.25) is 0 Å². The molecule has 1 aliphatic rings. The zero-order valence-corrected chi connectivity index (χ0v) is 11.1. The van der Waals surface area contributed by atoms with Crippen molar-refractivity contribution in [3.8, 4) is 5.75 Å². The van der Waals surface area contributed by atoms with Gasteiger partial charge in [-0.25, -0.2) is 8.42 Å². The maximum absolute atomic E-state index is 12.4. The molecule has 0 amide bonds. The number of rotatable bonds is 4. The molecule has 18 heavy (non-hydrogen) atoms. The van der Waals surface area contributed by atoms with Crippen LogP contribution in [-0.2, 0) is 10.0 Å². The Morgan fingerprint density at radius 1 is 1.50 bits per heavy atom. The highest BCUT2D eigenvalue weighted by Gasteiger charge is 2.34. The molecule has 0 saturated carbocycles. The number of aliphatic hydroxyl groups excluding tert-OH is 1. The lowest BCUT2D eigenvalue weighted by Gasteiger charge is -2.22. The van der Waals surface area contributed by atoms with Gasteiger partial charge in [-0.15, -0.1) is 0 Å². The van der Waals surface area contributed by atoms with Crippen LogP contribution in [-0.4, -0.2) is 44.1 Å². The Labute approximate surface area is 107 Å². The third kappa shape index (κ3) is 2.36.